The van der Waals surface area contributed by atoms with Crippen LogP contribution in [0.15, 0.2) is 42.7 Å². The summed E-state index contributed by atoms with van der Waals surface area (Å²) in [7, 11) is 1.59. The number of methoxy groups -OCH3 is 1. The number of nitrogen functional groups attached to an aromatic ring is 1. The predicted molar refractivity (Wildman–Crippen MR) is 112 cm³/mol. The quantitative estimate of drug-likeness (QED) is 0.625. The fourth-order valence-electron chi connectivity index (χ4n) is 3.79. The molecule has 1 aliphatic carbocycles. The van der Waals surface area contributed by atoms with E-state index in [9.17, 15) is 4.79 Å². The molecule has 0 unspecified atom stereocenters. The molecule has 2 aromatic heterocycles. The molecule has 0 aliphatic heterocycles. The number of benzene rings is 1. The van der Waals surface area contributed by atoms with Gasteiger partial charge < -0.3 is 24.9 Å². The Morgan fingerprint density at radius 2 is 2.07 bits per heavy atom. The average Bonchev–Trinajstić information content (AvgIpc) is 3.18. The van der Waals surface area contributed by atoms with Crippen molar-refractivity contribution in [1.82, 2.24) is 14.7 Å². The Kier molecular flexibility index (Phi) is 5.55. The normalized spacial score (nSPS) is 14.7. The summed E-state index contributed by atoms with van der Waals surface area (Å²) in [5, 5.41) is 3.07. The molecule has 7 nitrogen and oxygen atoms in total. The van der Waals surface area contributed by atoms with Gasteiger partial charge in [-0.2, -0.15) is 0 Å². The van der Waals surface area contributed by atoms with Gasteiger partial charge in [0.2, 0.25) is 0 Å². The second-order valence-corrected chi connectivity index (χ2v) is 7.38. The molecular weight excluding hydrogens is 368 g/mol. The molecular formula is C22H26N4O3. The van der Waals surface area contributed by atoms with E-state index in [2.05, 4.69) is 10.3 Å². The zero-order valence-corrected chi connectivity index (χ0v) is 16.6. The van der Waals surface area contributed by atoms with Crippen LogP contribution in [0.25, 0.3) is 16.9 Å². The van der Waals surface area contributed by atoms with Crippen molar-refractivity contribution < 1.29 is 14.3 Å². The van der Waals surface area contributed by atoms with Crippen LogP contribution in [0.1, 0.15) is 32.1 Å². The van der Waals surface area contributed by atoms with E-state index in [0.29, 0.717) is 22.8 Å². The van der Waals surface area contributed by atoms with Crippen LogP contribution >= 0.6 is 0 Å². The summed E-state index contributed by atoms with van der Waals surface area (Å²) in [5.74, 6) is 1.11. The first-order chi connectivity index (χ1) is 14.1. The van der Waals surface area contributed by atoms with Crippen LogP contribution in [0.4, 0.5) is 5.69 Å². The molecule has 2 heterocycles. The second-order valence-electron chi connectivity index (χ2n) is 7.38. The molecule has 1 amide bonds. The number of ether oxygens (including phenoxy) is 2. The molecule has 0 saturated heterocycles. The molecule has 1 fully saturated rings. The summed E-state index contributed by atoms with van der Waals surface area (Å²) in [6.07, 6.45) is 9.52. The Balaban J connectivity index is 1.49. The molecule has 3 N–H and O–H groups in total. The Morgan fingerprint density at radius 3 is 2.83 bits per heavy atom. The van der Waals surface area contributed by atoms with Crippen LogP contribution in [0, 0.1) is 0 Å². The zero-order chi connectivity index (χ0) is 20.2. The number of rotatable bonds is 6. The summed E-state index contributed by atoms with van der Waals surface area (Å²) in [6, 6.07) is 9.53. The van der Waals surface area contributed by atoms with Crippen LogP contribution in [0.5, 0.6) is 11.5 Å². The van der Waals surface area contributed by atoms with Gasteiger partial charge in [-0.05, 0) is 43.2 Å². The van der Waals surface area contributed by atoms with Crippen LogP contribution in [0.2, 0.25) is 0 Å². The van der Waals surface area contributed by atoms with Crippen molar-refractivity contribution in [3.63, 3.8) is 0 Å². The van der Waals surface area contributed by atoms with Gasteiger partial charge in [0.15, 0.2) is 18.0 Å². The molecule has 152 valence electrons. The molecule has 0 radical (unpaired) electrons. The van der Waals surface area contributed by atoms with Crippen molar-refractivity contribution >= 4 is 17.2 Å². The highest BCUT2D eigenvalue weighted by atomic mass is 16.5. The number of anilines is 1. The van der Waals surface area contributed by atoms with Gasteiger partial charge >= 0.3 is 0 Å². The molecule has 0 bridgehead atoms. The third kappa shape index (κ3) is 4.29. The third-order valence-corrected chi connectivity index (χ3v) is 5.30. The zero-order valence-electron chi connectivity index (χ0n) is 16.6. The number of aromatic nitrogens is 2. The van der Waals surface area contributed by atoms with E-state index in [-0.39, 0.29) is 18.6 Å². The number of hydrogen-bond acceptors (Lipinski definition) is 5. The van der Waals surface area contributed by atoms with Gasteiger partial charge in [0.05, 0.1) is 18.5 Å². The minimum Gasteiger partial charge on any atom is -0.495 e. The number of carbonyl (C=O) groups excluding carboxylic acids is 1. The first kappa shape index (κ1) is 19.1. The van der Waals surface area contributed by atoms with E-state index in [4.69, 9.17) is 15.2 Å². The first-order valence-electron chi connectivity index (χ1n) is 9.98. The number of nitrogens with two attached hydrogens (primary N) is 1. The summed E-state index contributed by atoms with van der Waals surface area (Å²) >= 11 is 0. The van der Waals surface area contributed by atoms with Crippen LogP contribution in [-0.4, -0.2) is 35.1 Å². The van der Waals surface area contributed by atoms with Crippen molar-refractivity contribution in [2.24, 2.45) is 0 Å². The number of imidazole rings is 1. The smallest absolute Gasteiger partial charge is 0.258 e. The SMILES string of the molecule is COc1ccc(-c2cn3cccc(OCC(=O)NC4CCCCC4)c3n2)cc1N. The summed E-state index contributed by atoms with van der Waals surface area (Å²) in [6.45, 7) is -0.0200. The first-order valence-corrected chi connectivity index (χ1v) is 9.98. The highest BCUT2D eigenvalue weighted by Gasteiger charge is 2.17. The number of nitrogens with zero attached hydrogens (tertiary/aromatic N) is 2. The summed E-state index contributed by atoms with van der Waals surface area (Å²) < 4.78 is 12.9. The molecule has 29 heavy (non-hydrogen) atoms. The van der Waals surface area contributed by atoms with Gasteiger partial charge in [0, 0.05) is 24.0 Å². The van der Waals surface area contributed by atoms with Gasteiger partial charge in [0.1, 0.15) is 5.75 Å². The van der Waals surface area contributed by atoms with E-state index >= 15 is 0 Å². The Hall–Kier alpha value is -3.22. The minimum atomic E-state index is -0.0892. The molecule has 1 aromatic carbocycles. The van der Waals surface area contributed by atoms with Crippen molar-refractivity contribution in [2.75, 3.05) is 19.5 Å². The largest absolute Gasteiger partial charge is 0.495 e. The van der Waals surface area contributed by atoms with E-state index in [1.807, 2.05) is 47.1 Å². The number of pyridine rings is 1. The van der Waals surface area contributed by atoms with Gasteiger partial charge in [0.25, 0.3) is 5.91 Å². The number of nitrogens with one attached hydrogen (secondary N) is 1. The van der Waals surface area contributed by atoms with Crippen molar-refractivity contribution in [3.05, 3.63) is 42.7 Å². The number of carbonyl (C=O) groups is 1. The van der Waals surface area contributed by atoms with Crippen molar-refractivity contribution in [2.45, 2.75) is 38.1 Å². The number of fused-ring (bicyclic) bond motifs is 1. The Labute approximate surface area is 169 Å². The Bertz CT molecular complexity index is 1010. The molecule has 0 spiro atoms. The molecule has 1 aliphatic rings. The van der Waals surface area contributed by atoms with Crippen molar-refractivity contribution in [1.29, 1.82) is 0 Å². The highest BCUT2D eigenvalue weighted by Crippen LogP contribution is 2.29. The molecule has 1 saturated carbocycles. The summed E-state index contributed by atoms with van der Waals surface area (Å²) in [5.41, 5.74) is 8.88. The maximum Gasteiger partial charge on any atom is 0.258 e. The fourth-order valence-corrected chi connectivity index (χ4v) is 3.79. The van der Waals surface area contributed by atoms with Gasteiger partial charge in [-0.1, -0.05) is 19.3 Å². The second kappa shape index (κ2) is 8.43. The maximum atomic E-state index is 12.3. The maximum absolute atomic E-state index is 12.3. The van der Waals surface area contributed by atoms with Crippen molar-refractivity contribution in [3.8, 4) is 22.8 Å². The predicted octanol–water partition coefficient (Wildman–Crippen LogP) is 3.42. The molecule has 0 atom stereocenters. The lowest BCUT2D eigenvalue weighted by molar-refractivity contribution is -0.124. The van der Waals surface area contributed by atoms with E-state index in [0.717, 1.165) is 24.1 Å². The lowest BCUT2D eigenvalue weighted by Crippen LogP contribution is -2.39. The van der Waals surface area contributed by atoms with Gasteiger partial charge in [-0.15, -0.1) is 0 Å². The summed E-state index contributed by atoms with van der Waals surface area (Å²) in [4.78, 5) is 16.9. The fraction of sp³-hybridized carbons (Fsp3) is 0.364. The van der Waals surface area contributed by atoms with Crippen LogP contribution in [0.3, 0.4) is 0 Å². The van der Waals surface area contributed by atoms with Gasteiger partial charge in [-0.25, -0.2) is 4.98 Å². The van der Waals surface area contributed by atoms with Gasteiger partial charge in [-0.3, -0.25) is 4.79 Å². The average molecular weight is 394 g/mol. The van der Waals surface area contributed by atoms with Crippen LogP contribution < -0.4 is 20.5 Å². The van der Waals surface area contributed by atoms with Crippen LogP contribution in [-0.2, 0) is 4.79 Å². The standard InChI is InChI=1S/C22H26N4O3/c1-28-19-10-9-15(12-17(19)23)18-13-26-11-5-8-20(22(26)25-18)29-14-21(27)24-16-6-3-2-4-7-16/h5,8-13,16H,2-4,6-7,14,23H2,1H3,(H,24,27). The lowest BCUT2D eigenvalue weighted by atomic mass is 9.95. The minimum absolute atomic E-state index is 0.0200. The lowest BCUT2D eigenvalue weighted by Gasteiger charge is -2.22. The van der Waals surface area contributed by atoms with E-state index in [1.54, 1.807) is 7.11 Å². The molecule has 4 rings (SSSR count). The van der Waals surface area contributed by atoms with E-state index < -0.39 is 0 Å². The number of amides is 1. The monoisotopic (exact) mass is 394 g/mol. The van der Waals surface area contributed by atoms with E-state index in [1.165, 1.54) is 19.3 Å². The number of hydrogen-bond donors (Lipinski definition) is 2. The third-order valence-electron chi connectivity index (χ3n) is 5.30. The highest BCUT2D eigenvalue weighted by molar-refractivity contribution is 5.78. The Morgan fingerprint density at radius 1 is 1.24 bits per heavy atom. The molecule has 3 aromatic rings. The topological polar surface area (TPSA) is 90.9 Å². The molecule has 7 heteroatoms.